The zero-order valence-electron chi connectivity index (χ0n) is 13.4. The third kappa shape index (κ3) is 2.40. The van der Waals surface area contributed by atoms with E-state index < -0.39 is 13.3 Å². The van der Waals surface area contributed by atoms with E-state index in [1.165, 1.54) is 0 Å². The first kappa shape index (κ1) is 15.7. The molecule has 1 aliphatic carbocycles. The molecule has 1 unspecified atom stereocenters. The first-order valence-corrected chi connectivity index (χ1v) is 9.06. The van der Waals surface area contributed by atoms with Crippen molar-refractivity contribution >= 4 is 13.4 Å². The van der Waals surface area contributed by atoms with Gasteiger partial charge >= 0.3 is 7.60 Å². The Morgan fingerprint density at radius 1 is 1.18 bits per heavy atom. The summed E-state index contributed by atoms with van der Waals surface area (Å²) in [6, 6.07) is 7.30. The largest absolute Gasteiger partial charge is 0.342 e. The number of rotatable bonds is 1. The van der Waals surface area contributed by atoms with Crippen molar-refractivity contribution in [2.45, 2.75) is 33.4 Å². The van der Waals surface area contributed by atoms with Gasteiger partial charge in [0.1, 0.15) is 5.66 Å². The van der Waals surface area contributed by atoms with Crippen molar-refractivity contribution in [1.82, 2.24) is 0 Å². The van der Waals surface area contributed by atoms with E-state index in [2.05, 4.69) is 0 Å². The molecular formula is C17H21O4P. The minimum atomic E-state index is -3.40. The lowest BCUT2D eigenvalue weighted by Crippen LogP contribution is -2.30. The summed E-state index contributed by atoms with van der Waals surface area (Å²) in [5.41, 5.74) is 2.02. The molecule has 1 aliphatic heterocycles. The summed E-state index contributed by atoms with van der Waals surface area (Å²) < 4.78 is 24.7. The van der Waals surface area contributed by atoms with Crippen LogP contribution >= 0.6 is 7.60 Å². The number of benzene rings is 1. The molecule has 5 heteroatoms. The van der Waals surface area contributed by atoms with Gasteiger partial charge in [0, 0.05) is 16.6 Å². The van der Waals surface area contributed by atoms with Gasteiger partial charge in [-0.05, 0) is 19.4 Å². The fourth-order valence-corrected chi connectivity index (χ4v) is 5.64. The van der Waals surface area contributed by atoms with Crippen LogP contribution in [0, 0.1) is 5.41 Å². The Labute approximate surface area is 131 Å². The van der Waals surface area contributed by atoms with Crippen molar-refractivity contribution in [1.29, 1.82) is 0 Å². The van der Waals surface area contributed by atoms with Crippen molar-refractivity contribution in [3.8, 4) is 0 Å². The minimum Gasteiger partial charge on any atom is -0.307 e. The molecule has 0 amide bonds. The Bertz CT molecular complexity index is 699. The monoisotopic (exact) mass is 320 g/mol. The fourth-order valence-electron chi connectivity index (χ4n) is 2.95. The average molecular weight is 320 g/mol. The number of ketones is 1. The zero-order valence-corrected chi connectivity index (χ0v) is 14.3. The lowest BCUT2D eigenvalue weighted by Gasteiger charge is -2.37. The normalized spacial score (nSPS) is 25.9. The second-order valence-electron chi connectivity index (χ2n) is 6.98. The Kier molecular flexibility index (Phi) is 3.67. The van der Waals surface area contributed by atoms with Crippen LogP contribution in [-0.2, 0) is 13.6 Å². The minimum absolute atomic E-state index is 0.0622. The second kappa shape index (κ2) is 5.16. The summed E-state index contributed by atoms with van der Waals surface area (Å²) in [6.45, 7) is 8.48. The number of hydrogen-bond acceptors (Lipinski definition) is 4. The second-order valence-corrected chi connectivity index (χ2v) is 9.10. The average Bonchev–Trinajstić information content (AvgIpc) is 2.77. The van der Waals surface area contributed by atoms with Crippen LogP contribution in [0.3, 0.4) is 0 Å². The highest BCUT2D eigenvalue weighted by Crippen LogP contribution is 2.69. The van der Waals surface area contributed by atoms with Crippen LogP contribution in [0.5, 0.6) is 0 Å². The summed E-state index contributed by atoms with van der Waals surface area (Å²) in [5, 5.41) is 0. The Hall–Kier alpha value is -1.22. The lowest BCUT2D eigenvalue weighted by atomic mass is 9.97. The zero-order chi connectivity index (χ0) is 16.1. The van der Waals surface area contributed by atoms with Gasteiger partial charge in [-0.25, -0.2) is 0 Å². The molecule has 2 aliphatic rings. The van der Waals surface area contributed by atoms with Crippen molar-refractivity contribution in [2.24, 2.45) is 5.41 Å². The SMILES string of the molecule is CC(C)=C1C(=O)c2ccccc2C1P1(=O)OCC(C)(C)CO1. The van der Waals surface area contributed by atoms with Crippen LogP contribution in [0.15, 0.2) is 35.4 Å². The van der Waals surface area contributed by atoms with Gasteiger partial charge in [0.15, 0.2) is 5.78 Å². The Morgan fingerprint density at radius 2 is 1.77 bits per heavy atom. The van der Waals surface area contributed by atoms with Gasteiger partial charge < -0.3 is 9.05 Å². The predicted octanol–water partition coefficient (Wildman–Crippen LogP) is 4.53. The van der Waals surface area contributed by atoms with Crippen LogP contribution < -0.4 is 0 Å². The summed E-state index contributed by atoms with van der Waals surface area (Å²) in [4.78, 5) is 12.7. The molecule has 1 heterocycles. The molecule has 0 bridgehead atoms. The molecule has 22 heavy (non-hydrogen) atoms. The topological polar surface area (TPSA) is 52.6 Å². The van der Waals surface area contributed by atoms with Crippen LogP contribution in [0.1, 0.15) is 49.3 Å². The highest BCUT2D eigenvalue weighted by atomic mass is 31.2. The van der Waals surface area contributed by atoms with E-state index in [1.807, 2.05) is 45.9 Å². The number of carbonyl (C=O) groups excluding carboxylic acids is 1. The summed E-state index contributed by atoms with van der Waals surface area (Å²) in [7, 11) is -3.40. The molecule has 0 saturated carbocycles. The van der Waals surface area contributed by atoms with E-state index in [4.69, 9.17) is 9.05 Å². The molecule has 1 fully saturated rings. The van der Waals surface area contributed by atoms with E-state index in [9.17, 15) is 9.36 Å². The number of fused-ring (bicyclic) bond motifs is 1. The molecule has 1 aromatic carbocycles. The number of allylic oxidation sites excluding steroid dienone is 2. The predicted molar refractivity (Wildman–Crippen MR) is 85.2 cm³/mol. The summed E-state index contributed by atoms with van der Waals surface area (Å²) in [5.74, 6) is -0.0622. The third-order valence-electron chi connectivity index (χ3n) is 4.14. The van der Waals surface area contributed by atoms with Gasteiger partial charge in [-0.3, -0.25) is 9.36 Å². The highest BCUT2D eigenvalue weighted by molar-refractivity contribution is 7.54. The van der Waals surface area contributed by atoms with E-state index in [0.717, 1.165) is 11.1 Å². The highest BCUT2D eigenvalue weighted by Gasteiger charge is 2.51. The summed E-state index contributed by atoms with van der Waals surface area (Å²) in [6.07, 6.45) is 0. The van der Waals surface area contributed by atoms with Crippen molar-refractivity contribution < 1.29 is 18.4 Å². The van der Waals surface area contributed by atoms with Crippen molar-refractivity contribution in [3.63, 3.8) is 0 Å². The van der Waals surface area contributed by atoms with Crippen LogP contribution in [-0.4, -0.2) is 19.0 Å². The first-order valence-electron chi connectivity index (χ1n) is 7.45. The maximum Gasteiger partial charge on any atom is 0.342 e. The standard InChI is InChI=1S/C17H21O4P/c1-11(2)14-15(18)12-7-5-6-8-13(12)16(14)22(19)20-9-17(3,4)10-21-22/h5-8,16H,9-10H2,1-4H3. The van der Waals surface area contributed by atoms with Crippen LogP contribution in [0.25, 0.3) is 0 Å². The lowest BCUT2D eigenvalue weighted by molar-refractivity contribution is 0.0390. The quantitative estimate of drug-likeness (QED) is 0.563. The van der Waals surface area contributed by atoms with Gasteiger partial charge in [-0.15, -0.1) is 0 Å². The number of hydrogen-bond donors (Lipinski definition) is 0. The molecule has 3 rings (SSSR count). The maximum absolute atomic E-state index is 13.3. The van der Waals surface area contributed by atoms with E-state index in [0.29, 0.717) is 24.4 Å². The molecule has 1 aromatic rings. The summed E-state index contributed by atoms with van der Waals surface area (Å²) >= 11 is 0. The van der Waals surface area contributed by atoms with Crippen molar-refractivity contribution in [3.05, 3.63) is 46.5 Å². The van der Waals surface area contributed by atoms with Gasteiger partial charge in [-0.2, -0.15) is 0 Å². The van der Waals surface area contributed by atoms with E-state index >= 15 is 0 Å². The van der Waals surface area contributed by atoms with Gasteiger partial charge in [0.05, 0.1) is 13.2 Å². The molecule has 118 valence electrons. The molecule has 0 aromatic heterocycles. The van der Waals surface area contributed by atoms with E-state index in [1.54, 1.807) is 6.07 Å². The molecular weight excluding hydrogens is 299 g/mol. The maximum atomic E-state index is 13.3. The number of carbonyl (C=O) groups is 1. The Balaban J connectivity index is 2.11. The molecule has 0 spiro atoms. The Morgan fingerprint density at radius 3 is 2.36 bits per heavy atom. The van der Waals surface area contributed by atoms with E-state index in [-0.39, 0.29) is 11.2 Å². The fraction of sp³-hybridized carbons (Fsp3) is 0.471. The molecule has 0 radical (unpaired) electrons. The van der Waals surface area contributed by atoms with Gasteiger partial charge in [-0.1, -0.05) is 43.7 Å². The van der Waals surface area contributed by atoms with Crippen molar-refractivity contribution in [2.75, 3.05) is 13.2 Å². The number of Topliss-reactive ketones (excluding diaryl/α,β-unsaturated/α-hetero) is 1. The first-order chi connectivity index (χ1) is 10.3. The van der Waals surface area contributed by atoms with Gasteiger partial charge in [0.25, 0.3) is 0 Å². The van der Waals surface area contributed by atoms with Gasteiger partial charge in [0.2, 0.25) is 0 Å². The smallest absolute Gasteiger partial charge is 0.307 e. The molecule has 0 N–H and O–H groups in total. The molecule has 1 atom stereocenters. The third-order valence-corrected chi connectivity index (χ3v) is 6.29. The van der Waals surface area contributed by atoms with Crippen LogP contribution in [0.2, 0.25) is 0 Å². The molecule has 4 nitrogen and oxygen atoms in total. The molecule has 1 saturated heterocycles. The van der Waals surface area contributed by atoms with Crippen LogP contribution in [0.4, 0.5) is 0 Å².